The maximum absolute atomic E-state index is 11.8. The molecule has 1 aliphatic heterocycles. The van der Waals surface area contributed by atoms with E-state index < -0.39 is 0 Å². The van der Waals surface area contributed by atoms with Crippen LogP contribution in [0.25, 0.3) is 11.0 Å². The molecule has 1 atom stereocenters. The van der Waals surface area contributed by atoms with Crippen LogP contribution in [0.15, 0.2) is 10.9 Å². The molecule has 0 radical (unpaired) electrons. The highest BCUT2D eigenvalue weighted by Crippen LogP contribution is 2.30. The zero-order chi connectivity index (χ0) is 12.0. The fourth-order valence-corrected chi connectivity index (χ4v) is 2.39. The van der Waals surface area contributed by atoms with Crippen molar-refractivity contribution in [2.24, 2.45) is 5.73 Å². The second-order valence-corrected chi connectivity index (χ2v) is 4.70. The summed E-state index contributed by atoms with van der Waals surface area (Å²) in [6.07, 6.45) is 1.74. The molecule has 1 saturated heterocycles. The van der Waals surface area contributed by atoms with Crippen molar-refractivity contribution in [2.75, 3.05) is 11.4 Å². The Morgan fingerprint density at radius 1 is 1.53 bits per heavy atom. The Hall–Kier alpha value is -1.54. The molecule has 3 heterocycles. The number of nitrogens with one attached hydrogen (secondary N) is 1. The Morgan fingerprint density at radius 3 is 3.06 bits per heavy atom. The van der Waals surface area contributed by atoms with E-state index >= 15 is 0 Å². The minimum absolute atomic E-state index is 0.0226. The van der Waals surface area contributed by atoms with E-state index in [1.54, 1.807) is 4.90 Å². The zero-order valence-corrected chi connectivity index (χ0v) is 10.3. The number of aromatic nitrogens is 4. The largest absolute Gasteiger partial charge is 0.326 e. The number of hydrogen-bond donors (Lipinski definition) is 2. The molecule has 0 saturated carbocycles. The van der Waals surface area contributed by atoms with Gasteiger partial charge in [-0.2, -0.15) is 5.10 Å². The summed E-state index contributed by atoms with van der Waals surface area (Å²) in [5.74, 6) is 0.527. The van der Waals surface area contributed by atoms with Gasteiger partial charge >= 0.3 is 0 Å². The van der Waals surface area contributed by atoms with Gasteiger partial charge in [0.2, 0.25) is 5.91 Å². The van der Waals surface area contributed by atoms with Crippen LogP contribution in [0.3, 0.4) is 0 Å². The number of carbonyl (C=O) groups is 1. The van der Waals surface area contributed by atoms with Gasteiger partial charge in [0.15, 0.2) is 11.5 Å². The Labute approximate surface area is 105 Å². The van der Waals surface area contributed by atoms with Crippen LogP contribution in [-0.2, 0) is 4.79 Å². The molecule has 1 fully saturated rings. The first kappa shape index (κ1) is 10.6. The lowest BCUT2D eigenvalue weighted by atomic mass is 10.3. The molecule has 1 unspecified atom stereocenters. The Balaban J connectivity index is 2.17. The third-order valence-electron chi connectivity index (χ3n) is 2.70. The Kier molecular flexibility index (Phi) is 2.33. The second-order valence-electron chi connectivity index (χ2n) is 3.90. The Morgan fingerprint density at radius 2 is 2.35 bits per heavy atom. The van der Waals surface area contributed by atoms with E-state index in [-0.39, 0.29) is 11.9 Å². The SMILES string of the molecule is NC1CC(=O)N(c2ncnc3n[nH]c(Br)c23)C1. The minimum Gasteiger partial charge on any atom is -0.326 e. The molecule has 0 aliphatic carbocycles. The fourth-order valence-electron chi connectivity index (χ4n) is 1.95. The summed E-state index contributed by atoms with van der Waals surface area (Å²) in [5.41, 5.74) is 6.29. The van der Waals surface area contributed by atoms with E-state index in [1.165, 1.54) is 6.33 Å². The molecule has 7 nitrogen and oxygen atoms in total. The molecule has 17 heavy (non-hydrogen) atoms. The first-order valence-corrected chi connectivity index (χ1v) is 5.86. The first-order valence-electron chi connectivity index (χ1n) is 5.07. The van der Waals surface area contributed by atoms with Crippen molar-refractivity contribution in [2.45, 2.75) is 12.5 Å². The average Bonchev–Trinajstić information content (AvgIpc) is 2.83. The van der Waals surface area contributed by atoms with Crippen molar-refractivity contribution in [1.29, 1.82) is 0 Å². The lowest BCUT2D eigenvalue weighted by Gasteiger charge is -2.15. The number of halogens is 1. The maximum Gasteiger partial charge on any atom is 0.229 e. The van der Waals surface area contributed by atoms with E-state index in [2.05, 4.69) is 36.1 Å². The van der Waals surface area contributed by atoms with E-state index in [4.69, 9.17) is 5.73 Å². The normalized spacial score (nSPS) is 20.5. The smallest absolute Gasteiger partial charge is 0.229 e. The Bertz CT molecular complexity index is 596. The number of rotatable bonds is 1. The van der Waals surface area contributed by atoms with Gasteiger partial charge in [-0.3, -0.25) is 14.8 Å². The molecule has 1 aliphatic rings. The molecular weight excluding hydrogens is 288 g/mol. The van der Waals surface area contributed by atoms with Crippen LogP contribution in [0.4, 0.5) is 5.82 Å². The monoisotopic (exact) mass is 296 g/mol. The van der Waals surface area contributed by atoms with Gasteiger partial charge in [-0.15, -0.1) is 0 Å². The van der Waals surface area contributed by atoms with Gasteiger partial charge in [0.25, 0.3) is 0 Å². The van der Waals surface area contributed by atoms with Crippen LogP contribution >= 0.6 is 15.9 Å². The van der Waals surface area contributed by atoms with Gasteiger partial charge in [0.05, 0.1) is 5.39 Å². The van der Waals surface area contributed by atoms with Crippen LogP contribution in [0.5, 0.6) is 0 Å². The summed E-state index contributed by atoms with van der Waals surface area (Å²) in [5, 5.41) is 7.47. The predicted octanol–water partition coefficient (Wildman–Crippen LogP) is 0.179. The number of H-pyrrole nitrogens is 1. The number of carbonyl (C=O) groups excluding carboxylic acids is 1. The number of hydrogen-bond acceptors (Lipinski definition) is 5. The molecule has 0 aromatic carbocycles. The van der Waals surface area contributed by atoms with Crippen LogP contribution in [0, 0.1) is 0 Å². The van der Waals surface area contributed by atoms with Gasteiger partial charge in [0, 0.05) is 19.0 Å². The maximum atomic E-state index is 11.8. The lowest BCUT2D eigenvalue weighted by Crippen LogP contribution is -2.28. The van der Waals surface area contributed by atoms with Crippen molar-refractivity contribution in [3.05, 3.63) is 10.9 Å². The number of fused-ring (bicyclic) bond motifs is 1. The van der Waals surface area contributed by atoms with Gasteiger partial charge in [-0.05, 0) is 15.9 Å². The van der Waals surface area contributed by atoms with Crippen molar-refractivity contribution < 1.29 is 4.79 Å². The predicted molar refractivity (Wildman–Crippen MR) is 64.3 cm³/mol. The summed E-state index contributed by atoms with van der Waals surface area (Å²) < 4.78 is 0.663. The van der Waals surface area contributed by atoms with Crippen molar-refractivity contribution in [1.82, 2.24) is 20.2 Å². The topological polar surface area (TPSA) is 101 Å². The highest BCUT2D eigenvalue weighted by molar-refractivity contribution is 9.10. The third-order valence-corrected chi connectivity index (χ3v) is 3.27. The molecular formula is C9H9BrN6O. The standard InChI is InChI=1S/C9H9BrN6O/c10-7-6-8(15-14-7)12-3-13-9(6)16-2-4(11)1-5(16)17/h3-4H,1-2,11H2,(H,12,13,14,15). The van der Waals surface area contributed by atoms with E-state index in [0.717, 1.165) is 0 Å². The van der Waals surface area contributed by atoms with Crippen molar-refractivity contribution in [3.63, 3.8) is 0 Å². The second kappa shape index (κ2) is 3.74. The average molecular weight is 297 g/mol. The third kappa shape index (κ3) is 1.60. The number of nitrogens with two attached hydrogens (primary N) is 1. The van der Waals surface area contributed by atoms with Gasteiger partial charge < -0.3 is 5.73 Å². The number of nitrogens with zero attached hydrogens (tertiary/aromatic N) is 4. The van der Waals surface area contributed by atoms with E-state index in [1.807, 2.05) is 0 Å². The summed E-state index contributed by atoms with van der Waals surface area (Å²) in [6.45, 7) is 0.475. The molecule has 8 heteroatoms. The van der Waals surface area contributed by atoms with Gasteiger partial charge in [-0.1, -0.05) is 0 Å². The summed E-state index contributed by atoms with van der Waals surface area (Å²) in [7, 11) is 0. The molecule has 0 bridgehead atoms. The number of amides is 1. The first-order chi connectivity index (χ1) is 8.16. The van der Waals surface area contributed by atoms with Crippen LogP contribution < -0.4 is 10.6 Å². The van der Waals surface area contributed by atoms with Crippen LogP contribution in [0.2, 0.25) is 0 Å². The highest BCUT2D eigenvalue weighted by Gasteiger charge is 2.31. The molecule has 2 aromatic heterocycles. The van der Waals surface area contributed by atoms with E-state index in [9.17, 15) is 4.79 Å². The summed E-state index contributed by atoms with van der Waals surface area (Å²) >= 11 is 3.33. The van der Waals surface area contributed by atoms with Crippen LogP contribution in [0.1, 0.15) is 6.42 Å². The molecule has 3 N–H and O–H groups in total. The van der Waals surface area contributed by atoms with Gasteiger partial charge in [0.1, 0.15) is 10.9 Å². The zero-order valence-electron chi connectivity index (χ0n) is 8.72. The molecule has 0 spiro atoms. The summed E-state index contributed by atoms with van der Waals surface area (Å²) in [4.78, 5) is 21.6. The molecule has 1 amide bonds. The highest BCUT2D eigenvalue weighted by atomic mass is 79.9. The fraction of sp³-hybridized carbons (Fsp3) is 0.333. The minimum atomic E-state index is -0.141. The number of aromatic amines is 1. The molecule has 3 rings (SSSR count). The van der Waals surface area contributed by atoms with Crippen molar-refractivity contribution in [3.8, 4) is 0 Å². The van der Waals surface area contributed by atoms with E-state index in [0.29, 0.717) is 34.4 Å². The quantitative estimate of drug-likeness (QED) is 0.782. The van der Waals surface area contributed by atoms with Crippen molar-refractivity contribution >= 4 is 38.7 Å². The summed E-state index contributed by atoms with van der Waals surface area (Å²) in [6, 6.07) is -0.141. The molecule has 2 aromatic rings. The van der Waals surface area contributed by atoms with Crippen LogP contribution in [-0.4, -0.2) is 38.7 Å². The number of anilines is 1. The molecule has 88 valence electrons. The lowest BCUT2D eigenvalue weighted by molar-refractivity contribution is -0.117. The van der Waals surface area contributed by atoms with Gasteiger partial charge in [-0.25, -0.2) is 9.97 Å².